The fourth-order valence-corrected chi connectivity index (χ4v) is 10.4. The number of thiazole rings is 2. The average Bonchev–Trinajstić information content (AvgIpc) is 4.19. The normalized spacial score (nSPS) is 18.1. The van der Waals surface area contributed by atoms with Gasteiger partial charge in [0.2, 0.25) is 17.7 Å². The van der Waals surface area contributed by atoms with Crippen LogP contribution < -0.4 is 15.5 Å². The van der Waals surface area contributed by atoms with Gasteiger partial charge < -0.3 is 44.5 Å². The molecule has 0 aliphatic carbocycles. The summed E-state index contributed by atoms with van der Waals surface area (Å²) in [5.74, 6) is -0.363. The van der Waals surface area contributed by atoms with Gasteiger partial charge in [-0.2, -0.15) is 0 Å². The number of carbonyl (C=O) groups is 3. The number of carbonyl (C=O) groups excluding carboxylic acids is 3. The monoisotopic (exact) mass is 990 g/mol. The van der Waals surface area contributed by atoms with Crippen LogP contribution in [0.4, 0.5) is 5.82 Å². The van der Waals surface area contributed by atoms with E-state index >= 15 is 0 Å². The number of hydrogen-bond donors (Lipinski definition) is 3. The molecule has 3 amide bonds. The first-order valence-corrected chi connectivity index (χ1v) is 25.5. The van der Waals surface area contributed by atoms with Crippen LogP contribution in [0.25, 0.3) is 42.4 Å². The minimum atomic E-state index is -0.963. The fourth-order valence-electron chi connectivity index (χ4n) is 8.63. The third-order valence-electron chi connectivity index (χ3n) is 12.5. The number of nitrogens with one attached hydrogen (secondary N) is 2. The van der Waals surface area contributed by atoms with Crippen molar-refractivity contribution in [1.29, 1.82) is 0 Å². The number of anilines is 1. The number of β-amino-alcohol motifs (C(OH)–C–C–N with tert-alkyl or cyclic N) is 1. The van der Waals surface area contributed by atoms with E-state index in [2.05, 4.69) is 55.8 Å². The second-order valence-electron chi connectivity index (χ2n) is 18.7. The lowest BCUT2D eigenvalue weighted by atomic mass is 9.85. The van der Waals surface area contributed by atoms with Crippen molar-refractivity contribution >= 4 is 56.4 Å². The molecular formula is C52H62N8O8S2. The standard InChI is InChI=1S/C52H62N8O8S2/c1-33(35-8-10-36(11-9-35)47-34(2)55-32-69-47)56-49(63)43-26-40(61)29-60(43)51(64)48(52(3,4)5)58-46(62)31-67-22-21-65-19-20-66-23-24-68-41-16-18-59(30-41)45-15-13-39(28-54-45)50-57-42-25-37(12-14-44(42)70-50)38-7-6-17-53-27-38/h6-15,17,25,27-28,32-33,40-41,43,48,61H,16,18-24,26,29-31H2,1-5H3,(H,56,63)(H,58,62)/t33-,40+,41?,43-,48+/m0/s1. The molecule has 3 N–H and O–H groups in total. The minimum absolute atomic E-state index is 0.0154. The van der Waals surface area contributed by atoms with Crippen LogP contribution in [0.2, 0.25) is 0 Å². The van der Waals surface area contributed by atoms with E-state index < -0.39 is 35.4 Å². The number of aromatic nitrogens is 4. The molecule has 4 aromatic heterocycles. The molecule has 2 saturated heterocycles. The molecule has 8 rings (SSSR count). The lowest BCUT2D eigenvalue weighted by molar-refractivity contribution is -0.144. The van der Waals surface area contributed by atoms with Gasteiger partial charge in [0.1, 0.15) is 29.5 Å². The van der Waals surface area contributed by atoms with Crippen LogP contribution in [0, 0.1) is 12.3 Å². The molecule has 0 spiro atoms. The zero-order valence-electron chi connectivity index (χ0n) is 40.3. The van der Waals surface area contributed by atoms with Crippen molar-refractivity contribution in [2.45, 2.75) is 77.8 Å². The Hall–Kier alpha value is -5.73. The summed E-state index contributed by atoms with van der Waals surface area (Å²) in [6.45, 7) is 12.8. The number of likely N-dealkylation sites (tertiary alicyclic amines) is 1. The molecule has 2 fully saturated rings. The van der Waals surface area contributed by atoms with Crippen LogP contribution >= 0.6 is 22.7 Å². The number of aryl methyl sites for hydroxylation is 1. The molecule has 0 saturated carbocycles. The molecule has 2 aliphatic heterocycles. The molecule has 16 nitrogen and oxygen atoms in total. The summed E-state index contributed by atoms with van der Waals surface area (Å²) in [6, 6.07) is 20.2. The van der Waals surface area contributed by atoms with Crippen LogP contribution in [0.3, 0.4) is 0 Å². The summed E-state index contributed by atoms with van der Waals surface area (Å²) in [5.41, 5.74) is 8.14. The summed E-state index contributed by atoms with van der Waals surface area (Å²) in [4.78, 5) is 63.7. The van der Waals surface area contributed by atoms with Gasteiger partial charge in [0, 0.05) is 55.8 Å². The highest BCUT2D eigenvalue weighted by Gasteiger charge is 2.44. The quantitative estimate of drug-likeness (QED) is 0.0635. The molecule has 370 valence electrons. The van der Waals surface area contributed by atoms with E-state index in [4.69, 9.17) is 28.9 Å². The Bertz CT molecular complexity index is 2680. The molecule has 2 aromatic carbocycles. The lowest BCUT2D eigenvalue weighted by Gasteiger charge is -2.35. The first-order valence-electron chi connectivity index (χ1n) is 23.8. The highest BCUT2D eigenvalue weighted by Crippen LogP contribution is 2.34. The zero-order valence-corrected chi connectivity index (χ0v) is 42.0. The van der Waals surface area contributed by atoms with Crippen molar-refractivity contribution in [2.24, 2.45) is 5.41 Å². The van der Waals surface area contributed by atoms with E-state index in [9.17, 15) is 19.5 Å². The fraction of sp³-hybridized carbons (Fsp3) is 0.442. The molecular weight excluding hydrogens is 929 g/mol. The Morgan fingerprint density at radius 1 is 0.857 bits per heavy atom. The van der Waals surface area contributed by atoms with E-state index in [0.29, 0.717) is 26.4 Å². The predicted octanol–water partition coefficient (Wildman–Crippen LogP) is 6.87. The van der Waals surface area contributed by atoms with Gasteiger partial charge in [-0.15, -0.1) is 22.7 Å². The van der Waals surface area contributed by atoms with Gasteiger partial charge in [-0.25, -0.2) is 15.0 Å². The third kappa shape index (κ3) is 13.0. The summed E-state index contributed by atoms with van der Waals surface area (Å²) in [5, 5.41) is 17.4. The third-order valence-corrected chi connectivity index (χ3v) is 14.5. The SMILES string of the molecule is Cc1ncsc1-c1ccc([C@H](C)NC(=O)[C@@H]2C[C@@H](O)CN2C(=O)[C@@H](NC(=O)COCCOCCOCCOC2CCN(c3ccc(-c4nc5cc(-c6cccnc6)ccc5s4)cn3)C2)C(C)(C)C)cc1. The predicted molar refractivity (Wildman–Crippen MR) is 271 cm³/mol. The van der Waals surface area contributed by atoms with Gasteiger partial charge >= 0.3 is 0 Å². The maximum atomic E-state index is 14.0. The maximum Gasteiger partial charge on any atom is 0.246 e. The van der Waals surface area contributed by atoms with E-state index in [0.717, 1.165) is 78.9 Å². The van der Waals surface area contributed by atoms with E-state index in [-0.39, 0.29) is 50.8 Å². The Balaban J connectivity index is 0.684. The second-order valence-corrected chi connectivity index (χ2v) is 20.6. The van der Waals surface area contributed by atoms with Gasteiger partial charge in [-0.3, -0.25) is 19.4 Å². The summed E-state index contributed by atoms with van der Waals surface area (Å²) < 4.78 is 24.1. The van der Waals surface area contributed by atoms with Crippen LogP contribution in [0.15, 0.2) is 90.8 Å². The van der Waals surface area contributed by atoms with E-state index in [1.807, 2.05) is 88.9 Å². The van der Waals surface area contributed by atoms with Gasteiger partial charge in [0.15, 0.2) is 0 Å². The summed E-state index contributed by atoms with van der Waals surface area (Å²) in [6.07, 6.45) is 5.75. The Kier molecular flexibility index (Phi) is 17.0. The van der Waals surface area contributed by atoms with Crippen molar-refractivity contribution in [3.05, 3.63) is 102 Å². The van der Waals surface area contributed by atoms with E-state index in [1.165, 1.54) is 4.90 Å². The molecule has 0 bridgehead atoms. The van der Waals surface area contributed by atoms with Crippen LogP contribution in [0.5, 0.6) is 0 Å². The number of aliphatic hydroxyl groups excluding tert-OH is 1. The van der Waals surface area contributed by atoms with Crippen molar-refractivity contribution in [1.82, 2.24) is 35.5 Å². The molecule has 0 radical (unpaired) electrons. The Labute approximate surface area is 416 Å². The summed E-state index contributed by atoms with van der Waals surface area (Å²) >= 11 is 3.23. The second kappa shape index (κ2) is 23.5. The number of aliphatic hydroxyl groups is 1. The van der Waals surface area contributed by atoms with E-state index in [1.54, 1.807) is 28.9 Å². The summed E-state index contributed by atoms with van der Waals surface area (Å²) in [7, 11) is 0. The molecule has 18 heteroatoms. The van der Waals surface area contributed by atoms with Crippen molar-refractivity contribution in [3.63, 3.8) is 0 Å². The average molecular weight is 991 g/mol. The topological polar surface area (TPSA) is 190 Å². The maximum absolute atomic E-state index is 14.0. The largest absolute Gasteiger partial charge is 0.391 e. The minimum Gasteiger partial charge on any atom is -0.391 e. The number of pyridine rings is 2. The van der Waals surface area contributed by atoms with Gasteiger partial charge in [-0.1, -0.05) is 57.2 Å². The molecule has 1 unspecified atom stereocenters. The highest BCUT2D eigenvalue weighted by molar-refractivity contribution is 7.21. The van der Waals surface area contributed by atoms with Crippen LogP contribution in [0.1, 0.15) is 57.8 Å². The number of amides is 3. The smallest absolute Gasteiger partial charge is 0.246 e. The molecule has 2 aliphatic rings. The first kappa shape index (κ1) is 50.7. The Morgan fingerprint density at radius 2 is 1.60 bits per heavy atom. The Morgan fingerprint density at radius 3 is 2.30 bits per heavy atom. The number of benzene rings is 2. The van der Waals surface area contributed by atoms with Crippen LogP contribution in [-0.4, -0.2) is 138 Å². The van der Waals surface area contributed by atoms with Crippen LogP contribution in [-0.2, 0) is 33.3 Å². The molecule has 6 heterocycles. The number of fused-ring (bicyclic) bond motifs is 1. The van der Waals surface area contributed by atoms with Crippen molar-refractivity contribution in [3.8, 4) is 32.1 Å². The number of rotatable bonds is 21. The number of hydrogen-bond acceptors (Lipinski definition) is 15. The highest BCUT2D eigenvalue weighted by atomic mass is 32.1. The van der Waals surface area contributed by atoms with Gasteiger partial charge in [0.05, 0.1) is 84.2 Å². The first-order chi connectivity index (χ1) is 33.8. The van der Waals surface area contributed by atoms with Crippen molar-refractivity contribution < 1.29 is 38.4 Å². The number of nitrogens with zero attached hydrogens (tertiary/aromatic N) is 6. The molecule has 5 atom stereocenters. The molecule has 6 aromatic rings. The zero-order chi connectivity index (χ0) is 49.2. The molecule has 70 heavy (non-hydrogen) atoms. The van der Waals surface area contributed by atoms with Gasteiger partial charge in [-0.05, 0) is 72.7 Å². The number of ether oxygens (including phenoxy) is 4. The van der Waals surface area contributed by atoms with Gasteiger partial charge in [0.25, 0.3) is 0 Å². The lowest BCUT2D eigenvalue weighted by Crippen LogP contribution is -2.58. The van der Waals surface area contributed by atoms with Crippen molar-refractivity contribution in [2.75, 3.05) is 70.8 Å².